The molecule has 0 aliphatic rings. The van der Waals surface area contributed by atoms with Crippen LogP contribution < -0.4 is 9.47 Å². The number of nitrogens with zero attached hydrogens (tertiary/aromatic N) is 1. The second-order valence-electron chi connectivity index (χ2n) is 4.61. The third kappa shape index (κ3) is 2.99. The van der Waals surface area contributed by atoms with Gasteiger partial charge in [0.05, 0.1) is 19.2 Å². The first-order valence-corrected chi connectivity index (χ1v) is 6.28. The Morgan fingerprint density at radius 1 is 1.25 bits per heavy atom. The average molecular weight is 275 g/mol. The maximum Gasteiger partial charge on any atom is 0.315 e. The summed E-state index contributed by atoms with van der Waals surface area (Å²) in [7, 11) is 1.54. The molecular weight excluding hydrogens is 258 g/mol. The number of esters is 1. The van der Waals surface area contributed by atoms with Crippen LogP contribution in [0.15, 0.2) is 22.7 Å². The van der Waals surface area contributed by atoms with Crippen molar-refractivity contribution in [3.63, 3.8) is 0 Å². The Bertz CT molecular complexity index is 611. The highest BCUT2D eigenvalue weighted by atomic mass is 16.6. The molecule has 0 saturated heterocycles. The highest BCUT2D eigenvalue weighted by molar-refractivity contribution is 5.76. The monoisotopic (exact) mass is 275 g/mol. The second-order valence-corrected chi connectivity index (χ2v) is 4.61. The van der Waals surface area contributed by atoms with Gasteiger partial charge in [0.2, 0.25) is 0 Å². The quantitative estimate of drug-likeness (QED) is 0.634. The Morgan fingerprint density at radius 3 is 2.60 bits per heavy atom. The summed E-state index contributed by atoms with van der Waals surface area (Å²) in [6.07, 6.45) is 0.123. The minimum absolute atomic E-state index is 0.123. The van der Waals surface area contributed by atoms with Crippen molar-refractivity contribution in [2.75, 3.05) is 7.11 Å². The highest BCUT2D eigenvalue weighted by Crippen LogP contribution is 2.28. The molecule has 1 aromatic carbocycles. The van der Waals surface area contributed by atoms with Crippen LogP contribution in [0.5, 0.6) is 11.5 Å². The highest BCUT2D eigenvalue weighted by Gasteiger charge is 2.16. The van der Waals surface area contributed by atoms with Gasteiger partial charge in [0.1, 0.15) is 5.76 Å². The zero-order valence-electron chi connectivity index (χ0n) is 12.0. The van der Waals surface area contributed by atoms with Crippen molar-refractivity contribution >= 4 is 5.97 Å². The van der Waals surface area contributed by atoms with Gasteiger partial charge >= 0.3 is 5.97 Å². The molecule has 0 bridgehead atoms. The molecule has 0 aliphatic carbocycles. The van der Waals surface area contributed by atoms with Crippen LogP contribution >= 0.6 is 0 Å². The fraction of sp³-hybridized carbons (Fsp3) is 0.333. The first kappa shape index (κ1) is 14.1. The molecule has 2 rings (SSSR count). The number of benzene rings is 1. The molecule has 0 unspecified atom stereocenters. The SMILES string of the molecule is COc1cc(C)ccc1OC(=O)Cc1c(C)noc1C. The minimum Gasteiger partial charge on any atom is -0.493 e. The van der Waals surface area contributed by atoms with Gasteiger partial charge in [-0.05, 0) is 38.5 Å². The van der Waals surface area contributed by atoms with Crippen molar-refractivity contribution in [3.8, 4) is 11.5 Å². The second kappa shape index (κ2) is 5.77. The number of rotatable bonds is 4. The molecule has 5 nitrogen and oxygen atoms in total. The van der Waals surface area contributed by atoms with Gasteiger partial charge in [0.15, 0.2) is 11.5 Å². The molecule has 106 valence electrons. The van der Waals surface area contributed by atoms with Crippen LogP contribution in [-0.4, -0.2) is 18.2 Å². The Kier molecular flexibility index (Phi) is 4.08. The average Bonchev–Trinajstić information content (AvgIpc) is 2.72. The third-order valence-electron chi connectivity index (χ3n) is 3.05. The molecule has 1 heterocycles. The largest absolute Gasteiger partial charge is 0.493 e. The van der Waals surface area contributed by atoms with E-state index < -0.39 is 0 Å². The Morgan fingerprint density at radius 2 is 2.00 bits per heavy atom. The van der Waals surface area contributed by atoms with Crippen molar-refractivity contribution in [1.82, 2.24) is 5.16 Å². The first-order valence-electron chi connectivity index (χ1n) is 6.28. The Hall–Kier alpha value is -2.30. The summed E-state index contributed by atoms with van der Waals surface area (Å²) in [6, 6.07) is 5.40. The van der Waals surface area contributed by atoms with Crippen molar-refractivity contribution in [2.45, 2.75) is 27.2 Å². The summed E-state index contributed by atoms with van der Waals surface area (Å²) < 4.78 is 15.6. The van der Waals surface area contributed by atoms with Crippen LogP contribution in [0.3, 0.4) is 0 Å². The molecular formula is C15H17NO4. The van der Waals surface area contributed by atoms with E-state index >= 15 is 0 Å². The lowest BCUT2D eigenvalue weighted by molar-refractivity contribution is -0.133. The van der Waals surface area contributed by atoms with E-state index in [1.54, 1.807) is 27.0 Å². The van der Waals surface area contributed by atoms with Gasteiger partial charge in [0.25, 0.3) is 0 Å². The molecule has 2 aromatic rings. The summed E-state index contributed by atoms with van der Waals surface area (Å²) in [4.78, 5) is 12.0. The van der Waals surface area contributed by atoms with E-state index in [1.165, 1.54) is 0 Å². The van der Waals surface area contributed by atoms with Crippen molar-refractivity contribution in [1.29, 1.82) is 0 Å². The number of hydrogen-bond acceptors (Lipinski definition) is 5. The van der Waals surface area contributed by atoms with E-state index in [0.29, 0.717) is 23.0 Å². The van der Waals surface area contributed by atoms with E-state index in [1.807, 2.05) is 19.1 Å². The van der Waals surface area contributed by atoms with Crippen LogP contribution in [0, 0.1) is 20.8 Å². The van der Waals surface area contributed by atoms with Crippen LogP contribution in [0.25, 0.3) is 0 Å². The molecule has 20 heavy (non-hydrogen) atoms. The number of carbonyl (C=O) groups is 1. The van der Waals surface area contributed by atoms with Crippen molar-refractivity contribution < 1.29 is 18.8 Å². The number of ether oxygens (including phenoxy) is 2. The lowest BCUT2D eigenvalue weighted by Crippen LogP contribution is -2.12. The molecule has 0 aliphatic heterocycles. The van der Waals surface area contributed by atoms with Crippen LogP contribution in [0.2, 0.25) is 0 Å². The van der Waals surface area contributed by atoms with Crippen LogP contribution in [0.1, 0.15) is 22.6 Å². The van der Waals surface area contributed by atoms with Crippen molar-refractivity contribution in [3.05, 3.63) is 40.8 Å². The Balaban J connectivity index is 2.13. The van der Waals surface area contributed by atoms with Crippen LogP contribution in [-0.2, 0) is 11.2 Å². The van der Waals surface area contributed by atoms with E-state index in [-0.39, 0.29) is 12.4 Å². The molecule has 0 atom stereocenters. The van der Waals surface area contributed by atoms with E-state index in [4.69, 9.17) is 14.0 Å². The minimum atomic E-state index is -0.374. The zero-order valence-corrected chi connectivity index (χ0v) is 12.0. The first-order chi connectivity index (χ1) is 9.51. The van der Waals surface area contributed by atoms with Gasteiger partial charge in [-0.15, -0.1) is 0 Å². The molecule has 0 radical (unpaired) electrons. The number of hydrogen-bond donors (Lipinski definition) is 0. The molecule has 0 fully saturated rings. The van der Waals surface area contributed by atoms with Gasteiger partial charge in [-0.1, -0.05) is 11.2 Å². The van der Waals surface area contributed by atoms with E-state index in [2.05, 4.69) is 5.16 Å². The lowest BCUT2D eigenvalue weighted by Gasteiger charge is -2.09. The molecule has 1 aromatic heterocycles. The molecule has 5 heteroatoms. The van der Waals surface area contributed by atoms with Crippen LogP contribution in [0.4, 0.5) is 0 Å². The third-order valence-corrected chi connectivity index (χ3v) is 3.05. The molecule has 0 amide bonds. The smallest absolute Gasteiger partial charge is 0.315 e. The summed E-state index contributed by atoms with van der Waals surface area (Å²) in [5.74, 6) is 1.21. The molecule has 0 saturated carbocycles. The van der Waals surface area contributed by atoms with Gasteiger partial charge in [0, 0.05) is 5.56 Å². The molecule has 0 N–H and O–H groups in total. The predicted molar refractivity (Wildman–Crippen MR) is 73.0 cm³/mol. The fourth-order valence-corrected chi connectivity index (χ4v) is 1.92. The predicted octanol–water partition coefficient (Wildman–Crippen LogP) is 2.76. The standard InChI is InChI=1S/C15H17NO4/c1-9-5-6-13(14(7-9)18-4)19-15(17)8-12-10(2)16-20-11(12)3/h5-7H,8H2,1-4H3. The fourth-order valence-electron chi connectivity index (χ4n) is 1.92. The number of aryl methyl sites for hydroxylation is 3. The normalized spacial score (nSPS) is 10.4. The van der Waals surface area contributed by atoms with Crippen molar-refractivity contribution in [2.24, 2.45) is 0 Å². The maximum absolute atomic E-state index is 12.0. The summed E-state index contributed by atoms with van der Waals surface area (Å²) in [6.45, 7) is 5.51. The van der Waals surface area contributed by atoms with Gasteiger partial charge in [-0.3, -0.25) is 4.79 Å². The van der Waals surface area contributed by atoms with E-state index in [9.17, 15) is 4.79 Å². The summed E-state index contributed by atoms with van der Waals surface area (Å²) >= 11 is 0. The van der Waals surface area contributed by atoms with Gasteiger partial charge in [-0.25, -0.2) is 0 Å². The van der Waals surface area contributed by atoms with Gasteiger partial charge < -0.3 is 14.0 Å². The maximum atomic E-state index is 12.0. The van der Waals surface area contributed by atoms with E-state index in [0.717, 1.165) is 11.1 Å². The summed E-state index contributed by atoms with van der Waals surface area (Å²) in [5, 5.41) is 3.81. The van der Waals surface area contributed by atoms with Gasteiger partial charge in [-0.2, -0.15) is 0 Å². The molecule has 0 spiro atoms. The Labute approximate surface area is 117 Å². The lowest BCUT2D eigenvalue weighted by atomic mass is 10.1. The zero-order chi connectivity index (χ0) is 14.7. The summed E-state index contributed by atoms with van der Waals surface area (Å²) in [5.41, 5.74) is 2.50. The number of methoxy groups -OCH3 is 1. The number of aromatic nitrogens is 1. The topological polar surface area (TPSA) is 61.6 Å². The number of carbonyl (C=O) groups excluding carboxylic acids is 1.